The van der Waals surface area contributed by atoms with Crippen LogP contribution in [0.15, 0.2) is 0 Å². The fourth-order valence-corrected chi connectivity index (χ4v) is 1.38. The molecule has 2 heteroatoms. The molecule has 0 aliphatic carbocycles. The number of hydrogen-bond acceptors (Lipinski definition) is 2. The Morgan fingerprint density at radius 1 is 1.40 bits per heavy atom. The van der Waals surface area contributed by atoms with Gasteiger partial charge >= 0.3 is 0 Å². The first-order valence-corrected chi connectivity index (χ1v) is 4.04. The minimum atomic E-state index is 0.155. The Labute approximate surface area is 62.0 Å². The minimum absolute atomic E-state index is 0.155. The summed E-state index contributed by atoms with van der Waals surface area (Å²) >= 11 is 0. The normalized spacial score (nSPS) is 27.5. The standard InChI is InChI=1S/C8H15NO/c1-7(10)8-5-3-2-4-6-9-8/h8-9H,2-6H2,1H3. The van der Waals surface area contributed by atoms with Gasteiger partial charge in [-0.15, -0.1) is 0 Å². The lowest BCUT2D eigenvalue weighted by atomic mass is 10.1. The van der Waals surface area contributed by atoms with E-state index < -0.39 is 0 Å². The highest BCUT2D eigenvalue weighted by Crippen LogP contribution is 2.08. The molecule has 0 amide bonds. The summed E-state index contributed by atoms with van der Waals surface area (Å²) in [4.78, 5) is 10.9. The predicted molar refractivity (Wildman–Crippen MR) is 40.9 cm³/mol. The van der Waals surface area contributed by atoms with E-state index in [0.717, 1.165) is 13.0 Å². The van der Waals surface area contributed by atoms with Crippen LogP contribution in [0.5, 0.6) is 0 Å². The number of rotatable bonds is 1. The minimum Gasteiger partial charge on any atom is -0.307 e. The van der Waals surface area contributed by atoms with Crippen LogP contribution in [0.1, 0.15) is 32.6 Å². The van der Waals surface area contributed by atoms with Gasteiger partial charge < -0.3 is 5.32 Å². The Morgan fingerprint density at radius 3 is 2.90 bits per heavy atom. The van der Waals surface area contributed by atoms with Crippen molar-refractivity contribution < 1.29 is 4.79 Å². The molecule has 1 fully saturated rings. The average Bonchev–Trinajstić information content (AvgIpc) is 2.12. The lowest BCUT2D eigenvalue weighted by Gasteiger charge is -2.10. The zero-order chi connectivity index (χ0) is 7.40. The molecular weight excluding hydrogens is 126 g/mol. The molecule has 1 unspecified atom stereocenters. The van der Waals surface area contributed by atoms with Crippen LogP contribution in [0.3, 0.4) is 0 Å². The summed E-state index contributed by atoms with van der Waals surface area (Å²) in [6, 6.07) is 0.155. The smallest absolute Gasteiger partial charge is 0.146 e. The van der Waals surface area contributed by atoms with Gasteiger partial charge in [-0.05, 0) is 26.3 Å². The molecule has 1 saturated heterocycles. The van der Waals surface area contributed by atoms with E-state index in [1.807, 2.05) is 0 Å². The average molecular weight is 141 g/mol. The van der Waals surface area contributed by atoms with Crippen LogP contribution in [0.25, 0.3) is 0 Å². The predicted octanol–water partition coefficient (Wildman–Crippen LogP) is 1.11. The van der Waals surface area contributed by atoms with Crippen LogP contribution in [0.2, 0.25) is 0 Å². The number of carbonyl (C=O) groups is 1. The summed E-state index contributed by atoms with van der Waals surface area (Å²) in [5.74, 6) is 0.293. The van der Waals surface area contributed by atoms with Crippen LogP contribution in [0.4, 0.5) is 0 Å². The summed E-state index contributed by atoms with van der Waals surface area (Å²) in [6.07, 6.45) is 4.74. The highest BCUT2D eigenvalue weighted by Gasteiger charge is 2.14. The molecule has 1 heterocycles. The van der Waals surface area contributed by atoms with E-state index in [-0.39, 0.29) is 6.04 Å². The maximum atomic E-state index is 10.9. The second-order valence-corrected chi connectivity index (χ2v) is 2.97. The van der Waals surface area contributed by atoms with Crippen molar-refractivity contribution in [3.63, 3.8) is 0 Å². The van der Waals surface area contributed by atoms with Gasteiger partial charge in [0.25, 0.3) is 0 Å². The van der Waals surface area contributed by atoms with Crippen LogP contribution in [0, 0.1) is 0 Å². The molecule has 0 aromatic heterocycles. The van der Waals surface area contributed by atoms with E-state index in [2.05, 4.69) is 5.32 Å². The van der Waals surface area contributed by atoms with Crippen molar-refractivity contribution in [3.05, 3.63) is 0 Å². The molecule has 0 radical (unpaired) electrons. The Kier molecular flexibility index (Phi) is 2.87. The molecule has 58 valence electrons. The quantitative estimate of drug-likeness (QED) is 0.592. The zero-order valence-corrected chi connectivity index (χ0v) is 6.52. The fraction of sp³-hybridized carbons (Fsp3) is 0.875. The van der Waals surface area contributed by atoms with E-state index in [0.29, 0.717) is 5.78 Å². The first-order chi connectivity index (χ1) is 4.80. The first kappa shape index (κ1) is 7.73. The lowest BCUT2D eigenvalue weighted by molar-refractivity contribution is -0.119. The monoisotopic (exact) mass is 141 g/mol. The molecule has 1 N–H and O–H groups in total. The van der Waals surface area contributed by atoms with Gasteiger partial charge in [0.15, 0.2) is 0 Å². The number of ketones is 1. The van der Waals surface area contributed by atoms with Crippen molar-refractivity contribution in [1.82, 2.24) is 5.32 Å². The third kappa shape index (κ3) is 2.10. The van der Waals surface area contributed by atoms with Crippen molar-refractivity contribution in [1.29, 1.82) is 0 Å². The van der Waals surface area contributed by atoms with Crippen LogP contribution in [-0.2, 0) is 4.79 Å². The van der Waals surface area contributed by atoms with Crippen molar-refractivity contribution in [3.8, 4) is 0 Å². The highest BCUT2D eigenvalue weighted by molar-refractivity contribution is 5.81. The van der Waals surface area contributed by atoms with E-state index >= 15 is 0 Å². The fourth-order valence-electron chi connectivity index (χ4n) is 1.38. The van der Waals surface area contributed by atoms with Crippen LogP contribution >= 0.6 is 0 Å². The van der Waals surface area contributed by atoms with Crippen molar-refractivity contribution in [2.75, 3.05) is 6.54 Å². The molecular formula is C8H15NO. The van der Waals surface area contributed by atoms with E-state index in [4.69, 9.17) is 0 Å². The zero-order valence-electron chi connectivity index (χ0n) is 6.52. The second-order valence-electron chi connectivity index (χ2n) is 2.97. The SMILES string of the molecule is CC(=O)C1CCCCCN1. The number of Topliss-reactive ketones (excluding diaryl/α,β-unsaturated/α-hetero) is 1. The van der Waals surface area contributed by atoms with Gasteiger partial charge in [0.2, 0.25) is 0 Å². The molecule has 1 aliphatic heterocycles. The maximum Gasteiger partial charge on any atom is 0.146 e. The Bertz CT molecular complexity index is 114. The maximum absolute atomic E-state index is 10.9. The summed E-state index contributed by atoms with van der Waals surface area (Å²) < 4.78 is 0. The van der Waals surface area contributed by atoms with E-state index in [1.165, 1.54) is 19.3 Å². The first-order valence-electron chi connectivity index (χ1n) is 4.04. The molecule has 0 bridgehead atoms. The molecule has 0 saturated carbocycles. The summed E-state index contributed by atoms with van der Waals surface area (Å²) in [6.45, 7) is 2.69. The van der Waals surface area contributed by atoms with E-state index in [9.17, 15) is 4.79 Å². The Balaban J connectivity index is 2.35. The number of hydrogen-bond donors (Lipinski definition) is 1. The molecule has 1 rings (SSSR count). The Morgan fingerprint density at radius 2 is 2.20 bits per heavy atom. The summed E-state index contributed by atoms with van der Waals surface area (Å²) in [5.41, 5.74) is 0. The lowest BCUT2D eigenvalue weighted by Crippen LogP contribution is -2.34. The van der Waals surface area contributed by atoms with Gasteiger partial charge in [-0.2, -0.15) is 0 Å². The van der Waals surface area contributed by atoms with Crippen LogP contribution in [-0.4, -0.2) is 18.4 Å². The summed E-state index contributed by atoms with van der Waals surface area (Å²) in [7, 11) is 0. The van der Waals surface area contributed by atoms with Crippen molar-refractivity contribution in [2.24, 2.45) is 0 Å². The van der Waals surface area contributed by atoms with Gasteiger partial charge in [0.05, 0.1) is 6.04 Å². The third-order valence-electron chi connectivity index (χ3n) is 2.05. The van der Waals surface area contributed by atoms with Gasteiger partial charge in [0, 0.05) is 0 Å². The number of carbonyl (C=O) groups excluding carboxylic acids is 1. The van der Waals surface area contributed by atoms with Gasteiger partial charge in [-0.1, -0.05) is 12.8 Å². The largest absolute Gasteiger partial charge is 0.307 e. The van der Waals surface area contributed by atoms with Crippen LogP contribution < -0.4 is 5.32 Å². The Hall–Kier alpha value is -0.370. The van der Waals surface area contributed by atoms with Gasteiger partial charge in [-0.3, -0.25) is 4.79 Å². The van der Waals surface area contributed by atoms with Crippen molar-refractivity contribution >= 4 is 5.78 Å². The molecule has 1 atom stereocenters. The third-order valence-corrected chi connectivity index (χ3v) is 2.05. The molecule has 0 aromatic rings. The molecule has 1 aliphatic rings. The topological polar surface area (TPSA) is 29.1 Å². The van der Waals surface area contributed by atoms with E-state index in [1.54, 1.807) is 6.92 Å². The highest BCUT2D eigenvalue weighted by atomic mass is 16.1. The molecule has 10 heavy (non-hydrogen) atoms. The van der Waals surface area contributed by atoms with Gasteiger partial charge in [-0.25, -0.2) is 0 Å². The molecule has 0 aromatic carbocycles. The van der Waals surface area contributed by atoms with Crippen molar-refractivity contribution in [2.45, 2.75) is 38.6 Å². The number of nitrogens with one attached hydrogen (secondary N) is 1. The summed E-state index contributed by atoms with van der Waals surface area (Å²) in [5, 5.41) is 3.23. The second kappa shape index (κ2) is 3.71. The molecule has 0 spiro atoms. The molecule has 2 nitrogen and oxygen atoms in total. The van der Waals surface area contributed by atoms with Gasteiger partial charge in [0.1, 0.15) is 5.78 Å².